The fourth-order valence-corrected chi connectivity index (χ4v) is 5.41. The molecule has 5 rings (SSSR count). The third kappa shape index (κ3) is 3.55. The van der Waals surface area contributed by atoms with Crippen LogP contribution in [0.2, 0.25) is 10.0 Å². The van der Waals surface area contributed by atoms with Crippen molar-refractivity contribution in [2.45, 2.75) is 37.8 Å². The maximum Gasteiger partial charge on any atom is 0.185 e. The van der Waals surface area contributed by atoms with Crippen LogP contribution in [0, 0.1) is 0 Å². The average molecular weight is 459 g/mol. The van der Waals surface area contributed by atoms with E-state index in [0.29, 0.717) is 23.1 Å². The van der Waals surface area contributed by atoms with E-state index in [1.54, 1.807) is 23.9 Å². The first-order chi connectivity index (χ1) is 14.7. The molecule has 154 valence electrons. The largest absolute Gasteiger partial charge is 0.467 e. The third-order valence-corrected chi connectivity index (χ3v) is 7.45. The maximum atomic E-state index is 6.38. The van der Waals surface area contributed by atoms with Gasteiger partial charge in [-0.1, -0.05) is 35.7 Å². The highest BCUT2D eigenvalue weighted by Crippen LogP contribution is 2.50. The van der Waals surface area contributed by atoms with Gasteiger partial charge < -0.3 is 13.4 Å². The van der Waals surface area contributed by atoms with Crippen molar-refractivity contribution in [3.63, 3.8) is 0 Å². The van der Waals surface area contributed by atoms with Crippen LogP contribution in [0.3, 0.4) is 0 Å². The molecule has 1 aromatic carbocycles. The van der Waals surface area contributed by atoms with E-state index in [-0.39, 0.29) is 5.41 Å². The normalized spacial score (nSPS) is 16.0. The fourth-order valence-electron chi connectivity index (χ4n) is 4.11. The predicted octanol–water partition coefficient (Wildman–Crippen LogP) is 6.66. The van der Waals surface area contributed by atoms with Gasteiger partial charge >= 0.3 is 0 Å². The Bertz CT molecular complexity index is 1200. The monoisotopic (exact) mass is 458 g/mol. The number of hydrogen-bond donors (Lipinski definition) is 0. The molecular weight excluding hydrogens is 439 g/mol. The summed E-state index contributed by atoms with van der Waals surface area (Å²) in [7, 11) is 0. The molecule has 0 unspecified atom stereocenters. The minimum atomic E-state index is -0.0875. The number of thiazole rings is 1. The number of benzene rings is 1. The SMILES string of the molecule is Clc1ccc(C2(c3csc(=NCc4ccco4)n3Cc3ccco3)CCC2)cc1Cl. The molecule has 0 bridgehead atoms. The Morgan fingerprint density at radius 3 is 2.40 bits per heavy atom. The fraction of sp³-hybridized carbons (Fsp3) is 0.261. The summed E-state index contributed by atoms with van der Waals surface area (Å²) in [5.41, 5.74) is 2.36. The molecule has 0 N–H and O–H groups in total. The van der Waals surface area contributed by atoms with Crippen molar-refractivity contribution in [2.75, 3.05) is 0 Å². The van der Waals surface area contributed by atoms with Crippen molar-refractivity contribution in [1.29, 1.82) is 0 Å². The van der Waals surface area contributed by atoms with Gasteiger partial charge in [0.2, 0.25) is 0 Å². The van der Waals surface area contributed by atoms with Gasteiger partial charge in [-0.2, -0.15) is 0 Å². The molecule has 3 heterocycles. The van der Waals surface area contributed by atoms with Crippen LogP contribution in [-0.4, -0.2) is 4.57 Å². The van der Waals surface area contributed by atoms with Crippen LogP contribution < -0.4 is 4.80 Å². The lowest BCUT2D eigenvalue weighted by molar-refractivity contribution is 0.282. The highest BCUT2D eigenvalue weighted by atomic mass is 35.5. The Hall–Kier alpha value is -2.21. The van der Waals surface area contributed by atoms with E-state index in [1.807, 2.05) is 36.4 Å². The Morgan fingerprint density at radius 1 is 1.00 bits per heavy atom. The zero-order chi connectivity index (χ0) is 20.6. The van der Waals surface area contributed by atoms with Crippen LogP contribution in [-0.2, 0) is 18.5 Å². The van der Waals surface area contributed by atoms with E-state index >= 15 is 0 Å². The highest BCUT2D eigenvalue weighted by molar-refractivity contribution is 7.07. The molecule has 1 aliphatic carbocycles. The second-order valence-electron chi connectivity index (χ2n) is 7.53. The molecule has 30 heavy (non-hydrogen) atoms. The predicted molar refractivity (Wildman–Crippen MR) is 119 cm³/mol. The molecule has 0 amide bonds. The smallest absolute Gasteiger partial charge is 0.185 e. The Kier molecular flexibility index (Phi) is 5.35. The molecule has 4 nitrogen and oxygen atoms in total. The lowest BCUT2D eigenvalue weighted by atomic mass is 9.62. The molecule has 4 aromatic rings. The quantitative estimate of drug-likeness (QED) is 0.324. The van der Waals surface area contributed by atoms with Gasteiger partial charge in [-0.15, -0.1) is 11.3 Å². The van der Waals surface area contributed by atoms with Gasteiger partial charge in [-0.05, 0) is 54.8 Å². The maximum absolute atomic E-state index is 6.38. The first kappa shape index (κ1) is 19.7. The second kappa shape index (κ2) is 8.14. The summed E-state index contributed by atoms with van der Waals surface area (Å²) in [5.74, 6) is 1.75. The molecule has 7 heteroatoms. The van der Waals surface area contributed by atoms with Gasteiger partial charge in [0, 0.05) is 16.5 Å². The van der Waals surface area contributed by atoms with E-state index < -0.39 is 0 Å². The third-order valence-electron chi connectivity index (χ3n) is 5.81. The number of rotatable bonds is 6. The summed E-state index contributed by atoms with van der Waals surface area (Å²) in [4.78, 5) is 5.79. The summed E-state index contributed by atoms with van der Waals surface area (Å²) in [6, 6.07) is 13.7. The summed E-state index contributed by atoms with van der Waals surface area (Å²) >= 11 is 14.2. The number of furan rings is 2. The number of hydrogen-bond acceptors (Lipinski definition) is 4. The van der Waals surface area contributed by atoms with Gasteiger partial charge in [-0.3, -0.25) is 4.99 Å². The van der Waals surface area contributed by atoms with Gasteiger partial charge in [0.25, 0.3) is 0 Å². The van der Waals surface area contributed by atoms with Crippen LogP contribution in [0.5, 0.6) is 0 Å². The molecule has 0 radical (unpaired) electrons. The average Bonchev–Trinajstić information content (AvgIpc) is 3.46. The first-order valence-corrected chi connectivity index (χ1v) is 11.5. The standard InChI is InChI=1S/C23H20Cl2N2O2S/c24-19-7-6-16(12-20(19)25)23(8-3-9-23)21-15-30-22(26-13-17-4-1-10-28-17)27(21)14-18-5-2-11-29-18/h1-2,4-7,10-12,15H,3,8-9,13-14H2. The van der Waals surface area contributed by atoms with E-state index in [9.17, 15) is 0 Å². The molecule has 1 aliphatic rings. The van der Waals surface area contributed by atoms with E-state index in [0.717, 1.165) is 29.2 Å². The van der Waals surface area contributed by atoms with E-state index in [2.05, 4.69) is 16.0 Å². The van der Waals surface area contributed by atoms with Crippen molar-refractivity contribution in [1.82, 2.24) is 4.57 Å². The van der Waals surface area contributed by atoms with Crippen molar-refractivity contribution in [2.24, 2.45) is 4.99 Å². The van der Waals surface area contributed by atoms with Crippen molar-refractivity contribution >= 4 is 34.5 Å². The summed E-state index contributed by atoms with van der Waals surface area (Å²) in [6.07, 6.45) is 6.69. The number of halogens is 2. The van der Waals surface area contributed by atoms with Crippen LogP contribution >= 0.6 is 34.5 Å². The second-order valence-corrected chi connectivity index (χ2v) is 9.18. The first-order valence-electron chi connectivity index (χ1n) is 9.85. The Balaban J connectivity index is 1.61. The molecular formula is C23H20Cl2N2O2S. The highest BCUT2D eigenvalue weighted by Gasteiger charge is 2.43. The topological polar surface area (TPSA) is 43.6 Å². The van der Waals surface area contributed by atoms with Gasteiger partial charge in [-0.25, -0.2) is 0 Å². The molecule has 1 fully saturated rings. The van der Waals surface area contributed by atoms with Gasteiger partial charge in [0.05, 0.1) is 29.1 Å². The van der Waals surface area contributed by atoms with E-state index in [4.69, 9.17) is 37.0 Å². The van der Waals surface area contributed by atoms with Crippen molar-refractivity contribution < 1.29 is 8.83 Å². The number of aromatic nitrogens is 1. The Labute approximate surface area is 188 Å². The Morgan fingerprint density at radius 2 is 1.77 bits per heavy atom. The molecule has 0 aliphatic heterocycles. The lowest BCUT2D eigenvalue weighted by Crippen LogP contribution is -2.39. The summed E-state index contributed by atoms with van der Waals surface area (Å²) < 4.78 is 13.4. The molecule has 1 saturated carbocycles. The van der Waals surface area contributed by atoms with Crippen molar-refractivity contribution in [3.8, 4) is 0 Å². The summed E-state index contributed by atoms with van der Waals surface area (Å²) in [5, 5.41) is 3.40. The summed E-state index contributed by atoms with van der Waals surface area (Å²) in [6.45, 7) is 1.14. The lowest BCUT2D eigenvalue weighted by Gasteiger charge is -2.43. The molecule has 0 saturated heterocycles. The van der Waals surface area contributed by atoms with Crippen molar-refractivity contribution in [3.05, 3.63) is 98.0 Å². The minimum Gasteiger partial charge on any atom is -0.467 e. The zero-order valence-electron chi connectivity index (χ0n) is 16.2. The van der Waals surface area contributed by atoms with Gasteiger partial charge in [0.1, 0.15) is 18.1 Å². The van der Waals surface area contributed by atoms with E-state index in [1.165, 1.54) is 17.7 Å². The minimum absolute atomic E-state index is 0.0875. The van der Waals surface area contributed by atoms with Gasteiger partial charge in [0.15, 0.2) is 4.80 Å². The molecule has 0 spiro atoms. The van der Waals surface area contributed by atoms with Crippen LogP contribution in [0.4, 0.5) is 0 Å². The van der Waals surface area contributed by atoms with Crippen LogP contribution in [0.1, 0.15) is 42.0 Å². The molecule has 3 aromatic heterocycles. The molecule has 0 atom stereocenters. The van der Waals surface area contributed by atoms with Crippen LogP contribution in [0.25, 0.3) is 0 Å². The van der Waals surface area contributed by atoms with Crippen LogP contribution in [0.15, 0.2) is 74.2 Å². The zero-order valence-corrected chi connectivity index (χ0v) is 18.5. The number of nitrogens with zero attached hydrogens (tertiary/aromatic N) is 2.